The van der Waals surface area contributed by atoms with Gasteiger partial charge in [-0.3, -0.25) is 4.79 Å². The van der Waals surface area contributed by atoms with Gasteiger partial charge in [-0.1, -0.05) is 12.1 Å². The highest BCUT2D eigenvalue weighted by atomic mass is 32.2. The van der Waals surface area contributed by atoms with E-state index in [1.807, 2.05) is 0 Å². The molecule has 0 atom stereocenters. The van der Waals surface area contributed by atoms with Gasteiger partial charge in [-0.15, -0.1) is 0 Å². The second-order valence-corrected chi connectivity index (χ2v) is 7.53. The number of para-hydroxylation sites is 2. The molecule has 10 heteroatoms. The topological polar surface area (TPSA) is 103 Å². The Morgan fingerprint density at radius 2 is 2.04 bits per heavy atom. The van der Waals surface area contributed by atoms with E-state index in [9.17, 15) is 13.2 Å². The first-order valence-electron chi connectivity index (χ1n) is 8.03. The third kappa shape index (κ3) is 4.03. The number of ether oxygens (including phenoxy) is 2. The van der Waals surface area contributed by atoms with Crippen molar-refractivity contribution in [1.82, 2.24) is 13.9 Å². The van der Waals surface area contributed by atoms with Gasteiger partial charge in [0.15, 0.2) is 5.03 Å². The highest BCUT2D eigenvalue weighted by Crippen LogP contribution is 2.23. The third-order valence-electron chi connectivity index (χ3n) is 3.89. The van der Waals surface area contributed by atoms with E-state index in [2.05, 4.69) is 10.3 Å². The van der Waals surface area contributed by atoms with Gasteiger partial charge >= 0.3 is 0 Å². The molecular weight excluding hydrogens is 360 g/mol. The Balaban J connectivity index is 1.67. The van der Waals surface area contributed by atoms with Crippen molar-refractivity contribution < 1.29 is 22.7 Å². The van der Waals surface area contributed by atoms with Crippen LogP contribution in [0.15, 0.2) is 41.8 Å². The molecule has 1 saturated heterocycles. The van der Waals surface area contributed by atoms with Crippen LogP contribution in [0.25, 0.3) is 0 Å². The van der Waals surface area contributed by atoms with Crippen molar-refractivity contribution in [1.29, 1.82) is 0 Å². The minimum Gasteiger partial charge on any atom is -0.495 e. The van der Waals surface area contributed by atoms with Crippen LogP contribution in [0.1, 0.15) is 0 Å². The van der Waals surface area contributed by atoms with Gasteiger partial charge in [0.1, 0.15) is 12.3 Å². The van der Waals surface area contributed by atoms with Crippen molar-refractivity contribution in [3.05, 3.63) is 36.8 Å². The van der Waals surface area contributed by atoms with Gasteiger partial charge in [0, 0.05) is 19.3 Å². The van der Waals surface area contributed by atoms with E-state index >= 15 is 0 Å². The first kappa shape index (κ1) is 18.4. The summed E-state index contributed by atoms with van der Waals surface area (Å²) in [4.78, 5) is 16.2. The quantitative estimate of drug-likeness (QED) is 0.785. The van der Waals surface area contributed by atoms with Crippen molar-refractivity contribution in [2.45, 2.75) is 11.6 Å². The zero-order chi connectivity index (χ0) is 18.6. The zero-order valence-corrected chi connectivity index (χ0v) is 15.1. The molecule has 3 rings (SSSR count). The lowest BCUT2D eigenvalue weighted by Gasteiger charge is -2.24. The van der Waals surface area contributed by atoms with Crippen molar-refractivity contribution in [3.8, 4) is 5.75 Å². The van der Waals surface area contributed by atoms with Crippen LogP contribution in [0.2, 0.25) is 0 Å². The van der Waals surface area contributed by atoms with Crippen LogP contribution in [-0.2, 0) is 26.1 Å². The monoisotopic (exact) mass is 380 g/mol. The molecule has 1 aromatic carbocycles. The van der Waals surface area contributed by atoms with Crippen molar-refractivity contribution in [2.24, 2.45) is 0 Å². The summed E-state index contributed by atoms with van der Waals surface area (Å²) >= 11 is 0. The van der Waals surface area contributed by atoms with Gasteiger partial charge in [0.2, 0.25) is 5.91 Å². The smallest absolute Gasteiger partial charge is 0.262 e. The molecule has 2 heterocycles. The number of benzene rings is 1. The zero-order valence-electron chi connectivity index (χ0n) is 14.3. The summed E-state index contributed by atoms with van der Waals surface area (Å²) in [6.45, 7) is 1.25. The van der Waals surface area contributed by atoms with E-state index in [1.54, 1.807) is 24.3 Å². The lowest BCUT2D eigenvalue weighted by molar-refractivity contribution is -0.116. The molecule has 1 N–H and O–H groups in total. The summed E-state index contributed by atoms with van der Waals surface area (Å²) in [5.74, 6) is 0.226. The second kappa shape index (κ2) is 7.85. The molecular formula is C16H20N4O5S. The summed E-state index contributed by atoms with van der Waals surface area (Å²) < 4.78 is 38.2. The second-order valence-electron chi connectivity index (χ2n) is 5.65. The van der Waals surface area contributed by atoms with Gasteiger partial charge in [-0.05, 0) is 12.1 Å². The van der Waals surface area contributed by atoms with Gasteiger partial charge in [0.25, 0.3) is 10.0 Å². The van der Waals surface area contributed by atoms with E-state index in [1.165, 1.54) is 28.5 Å². The molecule has 0 bridgehead atoms. The number of amides is 1. The Labute approximate surface area is 151 Å². The first-order chi connectivity index (χ1) is 12.5. The third-order valence-corrected chi connectivity index (χ3v) is 5.68. The molecule has 2 aromatic rings. The normalized spacial score (nSPS) is 15.6. The van der Waals surface area contributed by atoms with Crippen LogP contribution in [0.4, 0.5) is 5.69 Å². The van der Waals surface area contributed by atoms with Crippen molar-refractivity contribution >= 4 is 21.6 Å². The average Bonchev–Trinajstić information content (AvgIpc) is 3.12. The number of hydrogen-bond acceptors (Lipinski definition) is 6. The van der Waals surface area contributed by atoms with Gasteiger partial charge in [-0.2, -0.15) is 4.31 Å². The summed E-state index contributed by atoms with van der Waals surface area (Å²) in [6, 6.07) is 7.04. The summed E-state index contributed by atoms with van der Waals surface area (Å²) in [6.07, 6.45) is 2.68. The lowest BCUT2D eigenvalue weighted by atomic mass is 10.3. The Bertz CT molecular complexity index is 874. The highest BCUT2D eigenvalue weighted by molar-refractivity contribution is 7.89. The molecule has 140 valence electrons. The molecule has 0 saturated carbocycles. The Kier molecular flexibility index (Phi) is 5.55. The summed E-state index contributed by atoms with van der Waals surface area (Å²) in [5, 5.41) is 2.65. The van der Waals surface area contributed by atoms with Crippen LogP contribution in [-0.4, -0.2) is 61.6 Å². The van der Waals surface area contributed by atoms with Crippen LogP contribution < -0.4 is 10.1 Å². The van der Waals surface area contributed by atoms with E-state index in [0.717, 1.165) is 0 Å². The number of sulfonamides is 1. The standard InChI is InChI=1S/C16H20N4O5S/c1-24-14-5-3-2-4-13(14)18-15(21)10-19-11-16(17-12-19)26(22,23)20-6-8-25-9-7-20/h2-5,11-12H,6-10H2,1H3,(H,18,21). The van der Waals surface area contributed by atoms with Gasteiger partial charge in [0.05, 0.1) is 32.3 Å². The van der Waals surface area contributed by atoms with E-state index in [-0.39, 0.29) is 17.5 Å². The molecule has 0 spiro atoms. The minimum absolute atomic E-state index is 0.0658. The molecule has 0 aliphatic carbocycles. The number of carbonyl (C=O) groups is 1. The van der Waals surface area contributed by atoms with Crippen molar-refractivity contribution in [2.75, 3.05) is 38.7 Å². The van der Waals surface area contributed by atoms with Crippen LogP contribution in [0, 0.1) is 0 Å². The van der Waals surface area contributed by atoms with E-state index in [4.69, 9.17) is 9.47 Å². The fourth-order valence-electron chi connectivity index (χ4n) is 2.58. The van der Waals surface area contributed by atoms with Crippen LogP contribution in [0.5, 0.6) is 5.75 Å². The molecule has 1 aliphatic rings. The highest BCUT2D eigenvalue weighted by Gasteiger charge is 2.28. The fraction of sp³-hybridized carbons (Fsp3) is 0.375. The molecule has 1 aliphatic heterocycles. The molecule has 0 radical (unpaired) electrons. The lowest BCUT2D eigenvalue weighted by Crippen LogP contribution is -2.40. The average molecular weight is 380 g/mol. The molecule has 1 amide bonds. The number of methoxy groups -OCH3 is 1. The number of nitrogens with zero attached hydrogens (tertiary/aromatic N) is 3. The van der Waals surface area contributed by atoms with Gasteiger partial charge in [-0.25, -0.2) is 13.4 Å². The number of morpholine rings is 1. The fourth-order valence-corrected chi connectivity index (χ4v) is 3.93. The number of hydrogen-bond donors (Lipinski definition) is 1. The Morgan fingerprint density at radius 1 is 1.31 bits per heavy atom. The van der Waals surface area contributed by atoms with E-state index < -0.39 is 10.0 Å². The largest absolute Gasteiger partial charge is 0.495 e. The van der Waals surface area contributed by atoms with E-state index in [0.29, 0.717) is 37.7 Å². The maximum atomic E-state index is 12.5. The number of rotatable bonds is 6. The Hall–Kier alpha value is -2.43. The number of anilines is 1. The molecule has 1 fully saturated rings. The van der Waals surface area contributed by atoms with Crippen LogP contribution in [0.3, 0.4) is 0 Å². The predicted octanol–water partition coefficient (Wildman–Crippen LogP) is 0.551. The Morgan fingerprint density at radius 3 is 2.77 bits per heavy atom. The molecule has 26 heavy (non-hydrogen) atoms. The number of imidazole rings is 1. The van der Waals surface area contributed by atoms with Crippen LogP contribution >= 0.6 is 0 Å². The predicted molar refractivity (Wildman–Crippen MR) is 93.4 cm³/mol. The number of nitrogens with one attached hydrogen (secondary N) is 1. The number of aromatic nitrogens is 2. The molecule has 0 unspecified atom stereocenters. The molecule has 9 nitrogen and oxygen atoms in total. The summed E-state index contributed by atoms with van der Waals surface area (Å²) in [7, 11) is -2.16. The molecule has 1 aromatic heterocycles. The van der Waals surface area contributed by atoms with Gasteiger partial charge < -0.3 is 19.4 Å². The summed E-state index contributed by atoms with van der Waals surface area (Å²) in [5.41, 5.74) is 0.543. The maximum Gasteiger partial charge on any atom is 0.262 e. The van der Waals surface area contributed by atoms with Crippen molar-refractivity contribution in [3.63, 3.8) is 0 Å². The minimum atomic E-state index is -3.68. The first-order valence-corrected chi connectivity index (χ1v) is 9.47. The number of carbonyl (C=O) groups excluding carboxylic acids is 1. The SMILES string of the molecule is COc1ccccc1NC(=O)Cn1cnc(S(=O)(=O)N2CCOCC2)c1. The maximum absolute atomic E-state index is 12.5.